The lowest BCUT2D eigenvalue weighted by Crippen LogP contribution is -2.35. The minimum Gasteiger partial charge on any atom is -0.481 e. The van der Waals surface area contributed by atoms with Crippen LogP contribution in [0.5, 0.6) is 5.75 Å². The van der Waals surface area contributed by atoms with Gasteiger partial charge >= 0.3 is 0 Å². The van der Waals surface area contributed by atoms with Gasteiger partial charge in [0.1, 0.15) is 5.75 Å². The highest BCUT2D eigenvalue weighted by atomic mass is 16.5. The summed E-state index contributed by atoms with van der Waals surface area (Å²) in [5, 5.41) is 2.85. The van der Waals surface area contributed by atoms with Crippen LogP contribution in [0, 0.1) is 0 Å². The first kappa shape index (κ1) is 21.0. The van der Waals surface area contributed by atoms with E-state index in [0.29, 0.717) is 24.4 Å². The van der Waals surface area contributed by atoms with E-state index < -0.39 is 6.10 Å². The van der Waals surface area contributed by atoms with Crippen LogP contribution in [0.4, 0.5) is 0 Å². The first-order chi connectivity index (χ1) is 14.4. The Labute approximate surface area is 175 Å². The zero-order chi connectivity index (χ0) is 21.5. The molecule has 0 aliphatic heterocycles. The van der Waals surface area contributed by atoms with Crippen LogP contribution in [0.2, 0.25) is 0 Å². The van der Waals surface area contributed by atoms with Crippen LogP contribution in [0.3, 0.4) is 0 Å². The molecule has 0 aliphatic rings. The Bertz CT molecular complexity index is 1090. The summed E-state index contributed by atoms with van der Waals surface area (Å²) >= 11 is 0. The van der Waals surface area contributed by atoms with Crippen LogP contribution < -0.4 is 15.6 Å². The molecule has 154 valence electrons. The number of ketones is 1. The van der Waals surface area contributed by atoms with Gasteiger partial charge in [-0.25, -0.2) is 0 Å². The van der Waals surface area contributed by atoms with Crippen LogP contribution in [-0.4, -0.2) is 22.4 Å². The first-order valence-electron chi connectivity index (χ1n) is 9.71. The third-order valence-corrected chi connectivity index (χ3v) is 4.66. The molecular weight excluding hydrogens is 380 g/mol. The molecule has 1 atom stereocenters. The molecule has 2 aromatic carbocycles. The Kier molecular flexibility index (Phi) is 6.80. The number of aromatic nitrogens is 1. The lowest BCUT2D eigenvalue weighted by Gasteiger charge is -2.15. The summed E-state index contributed by atoms with van der Waals surface area (Å²) in [5.41, 5.74) is 2.44. The van der Waals surface area contributed by atoms with Crippen molar-refractivity contribution in [3.63, 3.8) is 0 Å². The predicted octanol–water partition coefficient (Wildman–Crippen LogP) is 3.18. The SMILES string of the molecule is CC(=O)c1cccc(OC(C)C(=O)NCc2ccc(Cn3ccccc3=O)cc2)c1. The second kappa shape index (κ2) is 9.69. The van der Waals surface area contributed by atoms with Gasteiger partial charge in [0, 0.05) is 24.4 Å². The number of nitrogens with one attached hydrogen (secondary N) is 1. The van der Waals surface area contributed by atoms with Crippen molar-refractivity contribution in [1.29, 1.82) is 0 Å². The second-order valence-corrected chi connectivity index (χ2v) is 7.05. The van der Waals surface area contributed by atoms with E-state index in [1.54, 1.807) is 48.0 Å². The Balaban J connectivity index is 1.53. The highest BCUT2D eigenvalue weighted by molar-refractivity contribution is 5.94. The van der Waals surface area contributed by atoms with Gasteiger partial charge in [0.2, 0.25) is 0 Å². The van der Waals surface area contributed by atoms with E-state index in [-0.39, 0.29) is 17.2 Å². The topological polar surface area (TPSA) is 77.4 Å². The fraction of sp³-hybridized carbons (Fsp3) is 0.208. The zero-order valence-electron chi connectivity index (χ0n) is 17.0. The first-order valence-corrected chi connectivity index (χ1v) is 9.71. The molecule has 0 saturated carbocycles. The highest BCUT2D eigenvalue weighted by Gasteiger charge is 2.15. The maximum absolute atomic E-state index is 12.3. The van der Waals surface area contributed by atoms with Gasteiger partial charge in [-0.2, -0.15) is 0 Å². The minimum atomic E-state index is -0.698. The van der Waals surface area contributed by atoms with E-state index >= 15 is 0 Å². The number of carbonyl (C=O) groups is 2. The van der Waals surface area contributed by atoms with E-state index in [0.717, 1.165) is 11.1 Å². The van der Waals surface area contributed by atoms with Gasteiger partial charge < -0.3 is 14.6 Å². The molecule has 0 saturated heterocycles. The van der Waals surface area contributed by atoms with Gasteiger partial charge in [0.15, 0.2) is 11.9 Å². The normalized spacial score (nSPS) is 11.5. The molecule has 3 aromatic rings. The molecule has 30 heavy (non-hydrogen) atoms. The lowest BCUT2D eigenvalue weighted by atomic mass is 10.1. The van der Waals surface area contributed by atoms with Gasteiger partial charge in [0.25, 0.3) is 11.5 Å². The summed E-state index contributed by atoms with van der Waals surface area (Å²) in [7, 11) is 0. The summed E-state index contributed by atoms with van der Waals surface area (Å²) in [6, 6.07) is 19.6. The van der Waals surface area contributed by atoms with Crippen molar-refractivity contribution in [3.8, 4) is 5.75 Å². The van der Waals surface area contributed by atoms with Crippen LogP contribution in [-0.2, 0) is 17.9 Å². The molecule has 0 spiro atoms. The minimum absolute atomic E-state index is 0.0448. The molecule has 0 fully saturated rings. The Hall–Kier alpha value is -3.67. The Morgan fingerprint density at radius 2 is 1.73 bits per heavy atom. The van der Waals surface area contributed by atoms with Crippen LogP contribution in [0.25, 0.3) is 0 Å². The van der Waals surface area contributed by atoms with Crippen molar-refractivity contribution in [2.24, 2.45) is 0 Å². The van der Waals surface area contributed by atoms with Crippen LogP contribution in [0.1, 0.15) is 35.3 Å². The molecule has 6 heteroatoms. The predicted molar refractivity (Wildman–Crippen MR) is 115 cm³/mol. The van der Waals surface area contributed by atoms with E-state index in [9.17, 15) is 14.4 Å². The number of amides is 1. The molecule has 0 bridgehead atoms. The van der Waals surface area contributed by atoms with Crippen LogP contribution in [0.15, 0.2) is 77.7 Å². The number of rotatable bonds is 8. The third-order valence-electron chi connectivity index (χ3n) is 4.66. The average molecular weight is 404 g/mol. The largest absolute Gasteiger partial charge is 0.481 e. The van der Waals surface area contributed by atoms with E-state index in [4.69, 9.17) is 4.74 Å². The molecule has 6 nitrogen and oxygen atoms in total. The van der Waals surface area contributed by atoms with E-state index in [1.165, 1.54) is 13.0 Å². The Morgan fingerprint density at radius 1 is 1.00 bits per heavy atom. The molecular formula is C24H24N2O4. The maximum atomic E-state index is 12.3. The zero-order valence-corrected chi connectivity index (χ0v) is 17.0. The van der Waals surface area contributed by atoms with Crippen molar-refractivity contribution in [2.45, 2.75) is 33.0 Å². The van der Waals surface area contributed by atoms with Gasteiger partial charge in [-0.3, -0.25) is 14.4 Å². The molecule has 1 amide bonds. The maximum Gasteiger partial charge on any atom is 0.261 e. The molecule has 1 unspecified atom stereocenters. The van der Waals surface area contributed by atoms with Crippen LogP contribution >= 0.6 is 0 Å². The molecule has 1 heterocycles. The average Bonchev–Trinajstić information content (AvgIpc) is 2.74. The fourth-order valence-electron chi connectivity index (χ4n) is 2.93. The van der Waals surface area contributed by atoms with Crippen molar-refractivity contribution in [1.82, 2.24) is 9.88 Å². The smallest absolute Gasteiger partial charge is 0.261 e. The molecule has 1 aromatic heterocycles. The number of Topliss-reactive ketones (excluding diaryl/α,β-unsaturated/α-hetero) is 1. The number of ether oxygens (including phenoxy) is 1. The second-order valence-electron chi connectivity index (χ2n) is 7.05. The molecule has 1 N–H and O–H groups in total. The number of hydrogen-bond donors (Lipinski definition) is 1. The van der Waals surface area contributed by atoms with Gasteiger partial charge in [0.05, 0.1) is 6.54 Å². The van der Waals surface area contributed by atoms with Gasteiger partial charge in [-0.15, -0.1) is 0 Å². The summed E-state index contributed by atoms with van der Waals surface area (Å²) in [6.45, 7) is 4.01. The summed E-state index contributed by atoms with van der Waals surface area (Å²) in [6.07, 6.45) is 1.06. The van der Waals surface area contributed by atoms with E-state index in [2.05, 4.69) is 5.32 Å². The number of pyridine rings is 1. The van der Waals surface area contributed by atoms with Crippen molar-refractivity contribution in [2.75, 3.05) is 0 Å². The van der Waals surface area contributed by atoms with Crippen molar-refractivity contribution in [3.05, 3.63) is 100.0 Å². The third kappa shape index (κ3) is 5.67. The lowest BCUT2D eigenvalue weighted by molar-refractivity contribution is -0.127. The van der Waals surface area contributed by atoms with E-state index in [1.807, 2.05) is 30.3 Å². The standard InChI is InChI=1S/C24H24N2O4/c1-17(27)21-6-5-7-22(14-21)30-18(2)24(29)25-15-19-9-11-20(12-10-19)16-26-13-4-3-8-23(26)28/h3-14,18H,15-16H2,1-2H3,(H,25,29). The Morgan fingerprint density at radius 3 is 2.43 bits per heavy atom. The summed E-state index contributed by atoms with van der Waals surface area (Å²) < 4.78 is 7.29. The molecule has 0 radical (unpaired) electrons. The summed E-state index contributed by atoms with van der Waals surface area (Å²) in [4.78, 5) is 35.6. The van der Waals surface area contributed by atoms with Gasteiger partial charge in [-0.05, 0) is 43.2 Å². The quantitative estimate of drug-likeness (QED) is 0.585. The monoisotopic (exact) mass is 404 g/mol. The fourth-order valence-corrected chi connectivity index (χ4v) is 2.93. The van der Waals surface area contributed by atoms with Crippen molar-refractivity contribution >= 4 is 11.7 Å². The van der Waals surface area contributed by atoms with Crippen molar-refractivity contribution < 1.29 is 14.3 Å². The van der Waals surface area contributed by atoms with Gasteiger partial charge in [-0.1, -0.05) is 42.5 Å². The highest BCUT2D eigenvalue weighted by Crippen LogP contribution is 2.15. The number of carbonyl (C=O) groups excluding carboxylic acids is 2. The molecule has 0 aliphatic carbocycles. The number of benzene rings is 2. The summed E-state index contributed by atoms with van der Waals surface area (Å²) in [5.74, 6) is 0.173. The number of nitrogens with zero attached hydrogens (tertiary/aromatic N) is 1. The number of hydrogen-bond acceptors (Lipinski definition) is 4. The molecule has 3 rings (SSSR count).